The third kappa shape index (κ3) is 2.64. The minimum atomic E-state index is -1.56. The third-order valence-electron chi connectivity index (χ3n) is 5.78. The standard InChI is InChI=1S/C19H28OSi/c1-4-21(5-2,6-3)20-19-17-12-8-7-10-15(17)14-16-11-9-13-18(16)19/h7-8,10,12,14,18-19H,4-6,9,11,13H2,1-3H3/t18-,19-/m1/s1. The summed E-state index contributed by atoms with van der Waals surface area (Å²) in [4.78, 5) is 0. The summed E-state index contributed by atoms with van der Waals surface area (Å²) in [6.45, 7) is 7.00. The molecule has 2 aliphatic rings. The van der Waals surface area contributed by atoms with Gasteiger partial charge in [-0.05, 0) is 48.5 Å². The quantitative estimate of drug-likeness (QED) is 0.611. The van der Waals surface area contributed by atoms with Gasteiger partial charge in [-0.3, -0.25) is 0 Å². The highest BCUT2D eigenvalue weighted by molar-refractivity contribution is 6.73. The molecule has 0 bridgehead atoms. The van der Waals surface area contributed by atoms with Crippen LogP contribution in [0.25, 0.3) is 6.08 Å². The summed E-state index contributed by atoms with van der Waals surface area (Å²) >= 11 is 0. The van der Waals surface area contributed by atoms with Crippen molar-refractivity contribution in [1.82, 2.24) is 0 Å². The molecule has 3 rings (SSSR count). The predicted molar refractivity (Wildman–Crippen MR) is 92.8 cm³/mol. The molecular weight excluding hydrogens is 272 g/mol. The van der Waals surface area contributed by atoms with Gasteiger partial charge in [-0.2, -0.15) is 0 Å². The number of hydrogen-bond donors (Lipinski definition) is 0. The van der Waals surface area contributed by atoms with Crippen LogP contribution in [0.4, 0.5) is 0 Å². The van der Waals surface area contributed by atoms with E-state index in [0.717, 1.165) is 0 Å². The Balaban J connectivity index is 1.98. The number of rotatable bonds is 5. The van der Waals surface area contributed by atoms with Crippen LogP contribution < -0.4 is 0 Å². The van der Waals surface area contributed by atoms with Crippen LogP contribution in [0.5, 0.6) is 0 Å². The number of benzene rings is 1. The van der Waals surface area contributed by atoms with Crippen LogP contribution in [-0.2, 0) is 4.43 Å². The predicted octanol–water partition coefficient (Wildman–Crippen LogP) is 5.95. The first-order chi connectivity index (χ1) is 10.2. The number of fused-ring (bicyclic) bond motifs is 2. The second kappa shape index (κ2) is 6.10. The van der Waals surface area contributed by atoms with Gasteiger partial charge in [-0.1, -0.05) is 56.7 Å². The molecule has 0 radical (unpaired) electrons. The average molecular weight is 301 g/mol. The average Bonchev–Trinajstić information content (AvgIpc) is 3.00. The lowest BCUT2D eigenvalue weighted by Crippen LogP contribution is -2.39. The Bertz CT molecular complexity index is 522. The molecule has 0 spiro atoms. The molecule has 0 N–H and O–H groups in total. The Morgan fingerprint density at radius 1 is 1.10 bits per heavy atom. The van der Waals surface area contributed by atoms with Gasteiger partial charge in [0.05, 0.1) is 6.10 Å². The summed E-state index contributed by atoms with van der Waals surface area (Å²) in [7, 11) is -1.56. The van der Waals surface area contributed by atoms with Crippen LogP contribution in [0, 0.1) is 5.92 Å². The van der Waals surface area contributed by atoms with Crippen LogP contribution in [0.3, 0.4) is 0 Å². The van der Waals surface area contributed by atoms with Crippen molar-refractivity contribution in [3.05, 3.63) is 41.0 Å². The summed E-state index contributed by atoms with van der Waals surface area (Å²) in [6.07, 6.45) is 6.70. The molecule has 0 saturated heterocycles. The highest BCUT2D eigenvalue weighted by Crippen LogP contribution is 2.49. The topological polar surface area (TPSA) is 9.23 Å². The Labute approximate surface area is 130 Å². The fourth-order valence-electron chi connectivity index (χ4n) is 4.15. The maximum Gasteiger partial charge on any atom is 0.192 e. The summed E-state index contributed by atoms with van der Waals surface area (Å²) in [6, 6.07) is 12.6. The van der Waals surface area contributed by atoms with E-state index in [0.29, 0.717) is 12.0 Å². The Morgan fingerprint density at radius 3 is 2.52 bits per heavy atom. The van der Waals surface area contributed by atoms with Gasteiger partial charge in [0.2, 0.25) is 0 Å². The monoisotopic (exact) mass is 300 g/mol. The molecular formula is C19H28OSi. The van der Waals surface area contributed by atoms with E-state index in [1.54, 1.807) is 5.57 Å². The molecule has 114 valence electrons. The van der Waals surface area contributed by atoms with Crippen molar-refractivity contribution in [3.63, 3.8) is 0 Å². The van der Waals surface area contributed by atoms with Gasteiger partial charge < -0.3 is 4.43 Å². The summed E-state index contributed by atoms with van der Waals surface area (Å²) in [5.74, 6) is 0.649. The van der Waals surface area contributed by atoms with E-state index in [1.165, 1.54) is 48.5 Å². The van der Waals surface area contributed by atoms with E-state index in [2.05, 4.69) is 51.1 Å². The minimum absolute atomic E-state index is 0.329. The van der Waals surface area contributed by atoms with Crippen LogP contribution in [0.1, 0.15) is 57.3 Å². The minimum Gasteiger partial charge on any atom is -0.409 e. The molecule has 1 fully saturated rings. The molecule has 21 heavy (non-hydrogen) atoms. The van der Waals surface area contributed by atoms with Crippen molar-refractivity contribution < 1.29 is 4.43 Å². The SMILES string of the molecule is CC[Si](CC)(CC)O[C@@H]1c2ccccc2C=C2CCC[C@H]21. The van der Waals surface area contributed by atoms with Gasteiger partial charge in [0.25, 0.3) is 0 Å². The molecule has 1 aromatic rings. The summed E-state index contributed by atoms with van der Waals surface area (Å²) < 4.78 is 6.97. The fourth-order valence-corrected chi connectivity index (χ4v) is 6.98. The Kier molecular flexibility index (Phi) is 4.37. The van der Waals surface area contributed by atoms with E-state index >= 15 is 0 Å². The lowest BCUT2D eigenvalue weighted by molar-refractivity contribution is 0.140. The summed E-state index contributed by atoms with van der Waals surface area (Å²) in [5.41, 5.74) is 4.49. The molecule has 1 saturated carbocycles. The van der Waals surface area contributed by atoms with Crippen molar-refractivity contribution in [3.8, 4) is 0 Å². The lowest BCUT2D eigenvalue weighted by atomic mass is 9.83. The van der Waals surface area contributed by atoms with E-state index in [1.807, 2.05) is 0 Å². The fraction of sp³-hybridized carbons (Fsp3) is 0.579. The highest BCUT2D eigenvalue weighted by atomic mass is 28.4. The van der Waals surface area contributed by atoms with Crippen molar-refractivity contribution in [1.29, 1.82) is 0 Å². The molecule has 1 aromatic carbocycles. The first-order valence-electron chi connectivity index (χ1n) is 8.70. The molecule has 2 aliphatic carbocycles. The molecule has 2 heteroatoms. The van der Waals surface area contributed by atoms with E-state index < -0.39 is 8.32 Å². The second-order valence-electron chi connectivity index (χ2n) is 6.63. The van der Waals surface area contributed by atoms with Gasteiger partial charge in [-0.15, -0.1) is 0 Å². The maximum atomic E-state index is 6.97. The van der Waals surface area contributed by atoms with Crippen LogP contribution in [-0.4, -0.2) is 8.32 Å². The van der Waals surface area contributed by atoms with E-state index in [4.69, 9.17) is 4.43 Å². The number of hydrogen-bond acceptors (Lipinski definition) is 1. The molecule has 0 aromatic heterocycles. The van der Waals surface area contributed by atoms with Crippen LogP contribution in [0.15, 0.2) is 29.8 Å². The molecule has 0 unspecified atom stereocenters. The van der Waals surface area contributed by atoms with Gasteiger partial charge >= 0.3 is 0 Å². The van der Waals surface area contributed by atoms with Crippen molar-refractivity contribution in [2.24, 2.45) is 5.92 Å². The van der Waals surface area contributed by atoms with Gasteiger partial charge in [0.15, 0.2) is 8.32 Å². The van der Waals surface area contributed by atoms with Crippen molar-refractivity contribution >= 4 is 14.4 Å². The van der Waals surface area contributed by atoms with Crippen LogP contribution in [0.2, 0.25) is 18.1 Å². The molecule has 0 heterocycles. The van der Waals surface area contributed by atoms with Crippen LogP contribution >= 0.6 is 0 Å². The third-order valence-corrected chi connectivity index (χ3v) is 10.4. The van der Waals surface area contributed by atoms with E-state index in [9.17, 15) is 0 Å². The summed E-state index contributed by atoms with van der Waals surface area (Å²) in [5, 5.41) is 0. The first kappa shape index (κ1) is 15.0. The molecule has 0 amide bonds. The van der Waals surface area contributed by atoms with Gasteiger partial charge in [0, 0.05) is 5.92 Å². The van der Waals surface area contributed by atoms with Gasteiger partial charge in [0.1, 0.15) is 0 Å². The Hall–Kier alpha value is -0.863. The first-order valence-corrected chi connectivity index (χ1v) is 11.2. The zero-order valence-electron chi connectivity index (χ0n) is 13.7. The lowest BCUT2D eigenvalue weighted by Gasteiger charge is -2.39. The van der Waals surface area contributed by atoms with Gasteiger partial charge in [-0.25, -0.2) is 0 Å². The van der Waals surface area contributed by atoms with E-state index in [-0.39, 0.29) is 0 Å². The normalized spacial score (nSPS) is 24.4. The second-order valence-corrected chi connectivity index (χ2v) is 11.4. The zero-order valence-corrected chi connectivity index (χ0v) is 14.7. The maximum absolute atomic E-state index is 6.97. The van der Waals surface area contributed by atoms with Crippen molar-refractivity contribution in [2.45, 2.75) is 64.3 Å². The molecule has 2 atom stereocenters. The largest absolute Gasteiger partial charge is 0.409 e. The smallest absolute Gasteiger partial charge is 0.192 e. The molecule has 1 nitrogen and oxygen atoms in total. The van der Waals surface area contributed by atoms with Crippen molar-refractivity contribution in [2.75, 3.05) is 0 Å². The zero-order chi connectivity index (χ0) is 14.9. The molecule has 0 aliphatic heterocycles. The highest BCUT2D eigenvalue weighted by Gasteiger charge is 2.40. The Morgan fingerprint density at radius 2 is 1.81 bits per heavy atom.